The molecule has 0 bridgehead atoms. The molecular weight excluding hydrogens is 278 g/mol. The summed E-state index contributed by atoms with van der Waals surface area (Å²) in [4.78, 5) is 7.82. The molecule has 0 aromatic carbocycles. The molecule has 2 N–H and O–H groups in total. The van der Waals surface area contributed by atoms with Crippen molar-refractivity contribution < 1.29 is 0 Å². The van der Waals surface area contributed by atoms with Gasteiger partial charge in [-0.25, -0.2) is 4.98 Å². The number of nitrogens with zero attached hydrogens (tertiary/aromatic N) is 2. The van der Waals surface area contributed by atoms with Crippen molar-refractivity contribution in [1.82, 2.24) is 4.98 Å². The molecule has 0 spiro atoms. The quantitative estimate of drug-likeness (QED) is 0.781. The summed E-state index contributed by atoms with van der Waals surface area (Å²) in [5.74, 6) is 1.01. The molecule has 0 saturated heterocycles. The molecule has 0 fully saturated rings. The Balaban J connectivity index is 2.44. The van der Waals surface area contributed by atoms with Crippen LogP contribution in [0.4, 0.5) is 5.82 Å². The maximum atomic E-state index is 5.98. The van der Waals surface area contributed by atoms with Gasteiger partial charge in [-0.05, 0) is 50.7 Å². The molecular formula is C17H27N3S. The Bertz CT molecular complexity index is 513. The molecule has 1 aliphatic rings. The zero-order valence-electron chi connectivity index (χ0n) is 13.5. The smallest absolute Gasteiger partial charge is 0.139 e. The van der Waals surface area contributed by atoms with Gasteiger partial charge in [0.15, 0.2) is 0 Å². The van der Waals surface area contributed by atoms with Crippen LogP contribution in [0.15, 0.2) is 6.07 Å². The maximum absolute atomic E-state index is 5.98. The first-order valence-electron chi connectivity index (χ1n) is 8.17. The van der Waals surface area contributed by atoms with Crippen molar-refractivity contribution in [3.8, 4) is 0 Å². The fraction of sp³-hybridized carbons (Fsp3) is 0.647. The van der Waals surface area contributed by atoms with Crippen LogP contribution in [0.25, 0.3) is 0 Å². The molecule has 3 nitrogen and oxygen atoms in total. The Hall–Kier alpha value is -1.16. The van der Waals surface area contributed by atoms with Crippen LogP contribution < -0.4 is 10.6 Å². The van der Waals surface area contributed by atoms with Gasteiger partial charge >= 0.3 is 0 Å². The molecule has 0 aliphatic heterocycles. The third kappa shape index (κ3) is 3.54. The van der Waals surface area contributed by atoms with E-state index in [4.69, 9.17) is 22.9 Å². The third-order valence-corrected chi connectivity index (χ3v) is 4.66. The summed E-state index contributed by atoms with van der Waals surface area (Å²) in [5.41, 5.74) is 9.52. The molecule has 1 aromatic rings. The molecule has 1 heterocycles. The Morgan fingerprint density at radius 1 is 1.43 bits per heavy atom. The zero-order chi connectivity index (χ0) is 15.4. The molecule has 0 radical (unpaired) electrons. The zero-order valence-corrected chi connectivity index (χ0v) is 14.3. The van der Waals surface area contributed by atoms with Gasteiger partial charge in [0.1, 0.15) is 10.8 Å². The molecule has 116 valence electrons. The Labute approximate surface area is 133 Å². The highest BCUT2D eigenvalue weighted by Crippen LogP contribution is 2.29. The van der Waals surface area contributed by atoms with Crippen molar-refractivity contribution in [2.24, 2.45) is 5.73 Å². The van der Waals surface area contributed by atoms with Gasteiger partial charge < -0.3 is 10.6 Å². The number of rotatable bonds is 7. The molecule has 1 atom stereocenters. The number of fused-ring (bicyclic) bond motifs is 1. The van der Waals surface area contributed by atoms with Gasteiger partial charge in [0, 0.05) is 18.3 Å². The molecule has 2 rings (SSSR count). The van der Waals surface area contributed by atoms with Gasteiger partial charge in [-0.15, -0.1) is 0 Å². The predicted octanol–water partition coefficient (Wildman–Crippen LogP) is 3.61. The van der Waals surface area contributed by atoms with Crippen LogP contribution >= 0.6 is 12.2 Å². The number of aryl methyl sites for hydroxylation is 2. The highest BCUT2D eigenvalue weighted by Gasteiger charge is 2.23. The van der Waals surface area contributed by atoms with Gasteiger partial charge in [-0.3, -0.25) is 0 Å². The molecule has 1 unspecified atom stereocenters. The number of anilines is 1. The highest BCUT2D eigenvalue weighted by molar-refractivity contribution is 7.80. The lowest BCUT2D eigenvalue weighted by molar-refractivity contribution is 0.588. The maximum Gasteiger partial charge on any atom is 0.139 e. The highest BCUT2D eigenvalue weighted by atomic mass is 32.1. The van der Waals surface area contributed by atoms with E-state index in [2.05, 4.69) is 31.7 Å². The lowest BCUT2D eigenvalue weighted by Gasteiger charge is -2.31. The van der Waals surface area contributed by atoms with E-state index < -0.39 is 0 Å². The molecule has 1 aromatic heterocycles. The molecule has 21 heavy (non-hydrogen) atoms. The summed E-state index contributed by atoms with van der Waals surface area (Å²) in [6.45, 7) is 7.72. The van der Waals surface area contributed by atoms with E-state index in [0.29, 0.717) is 11.0 Å². The van der Waals surface area contributed by atoms with Crippen LogP contribution in [0.1, 0.15) is 63.3 Å². The fourth-order valence-electron chi connectivity index (χ4n) is 2.95. The van der Waals surface area contributed by atoms with Crippen LogP contribution in [0.5, 0.6) is 0 Å². The Morgan fingerprint density at radius 3 is 2.81 bits per heavy atom. The van der Waals surface area contributed by atoms with Gasteiger partial charge in [0.05, 0.1) is 5.56 Å². The van der Waals surface area contributed by atoms with E-state index in [-0.39, 0.29) is 0 Å². The molecule has 0 amide bonds. The number of nitrogens with two attached hydrogens (primary N) is 1. The van der Waals surface area contributed by atoms with E-state index in [1.165, 1.54) is 30.5 Å². The van der Waals surface area contributed by atoms with E-state index in [0.717, 1.165) is 37.2 Å². The number of unbranched alkanes of at least 4 members (excludes halogenated alkanes) is 1. The largest absolute Gasteiger partial charge is 0.389 e. The second kappa shape index (κ2) is 7.21. The second-order valence-electron chi connectivity index (χ2n) is 5.99. The lowest BCUT2D eigenvalue weighted by atomic mass is 10.1. The third-order valence-electron chi connectivity index (χ3n) is 4.44. The SMILES string of the molecule is CCCCN(c1nc2c(cc1C(N)=S)CCC2)C(C)CC. The van der Waals surface area contributed by atoms with Crippen LogP contribution in [0.2, 0.25) is 0 Å². The average Bonchev–Trinajstić information content (AvgIpc) is 2.93. The topological polar surface area (TPSA) is 42.2 Å². The normalized spacial score (nSPS) is 14.8. The summed E-state index contributed by atoms with van der Waals surface area (Å²) in [5, 5.41) is 0. The number of aromatic nitrogens is 1. The minimum atomic E-state index is 0.455. The number of hydrogen-bond acceptors (Lipinski definition) is 3. The number of thiocarbonyl (C=S) groups is 1. The Kier molecular flexibility index (Phi) is 5.57. The summed E-state index contributed by atoms with van der Waals surface area (Å²) in [6, 6.07) is 2.64. The standard InChI is InChI=1S/C17H27N3S/c1-4-6-10-20(12(3)5-2)17-14(16(18)21)11-13-8-7-9-15(13)19-17/h11-12H,4-10H2,1-3H3,(H2,18,21). The van der Waals surface area contributed by atoms with Gasteiger partial charge in [0.25, 0.3) is 0 Å². The first-order valence-corrected chi connectivity index (χ1v) is 8.58. The monoisotopic (exact) mass is 305 g/mol. The van der Waals surface area contributed by atoms with Crippen molar-refractivity contribution >= 4 is 23.0 Å². The fourth-order valence-corrected chi connectivity index (χ4v) is 3.10. The molecule has 1 aliphatic carbocycles. The minimum absolute atomic E-state index is 0.455. The number of pyridine rings is 1. The summed E-state index contributed by atoms with van der Waals surface area (Å²) >= 11 is 5.29. The first kappa shape index (κ1) is 16.2. The van der Waals surface area contributed by atoms with Crippen molar-refractivity contribution in [2.75, 3.05) is 11.4 Å². The minimum Gasteiger partial charge on any atom is -0.389 e. The summed E-state index contributed by atoms with van der Waals surface area (Å²) in [7, 11) is 0. The second-order valence-corrected chi connectivity index (χ2v) is 6.43. The van der Waals surface area contributed by atoms with Crippen molar-refractivity contribution in [2.45, 2.75) is 65.3 Å². The van der Waals surface area contributed by atoms with E-state index in [9.17, 15) is 0 Å². The van der Waals surface area contributed by atoms with E-state index >= 15 is 0 Å². The van der Waals surface area contributed by atoms with E-state index in [1.807, 2.05) is 0 Å². The predicted molar refractivity (Wildman–Crippen MR) is 94.2 cm³/mol. The van der Waals surface area contributed by atoms with Gasteiger partial charge in [-0.2, -0.15) is 0 Å². The summed E-state index contributed by atoms with van der Waals surface area (Å²) in [6.07, 6.45) is 6.83. The van der Waals surface area contributed by atoms with Gasteiger partial charge in [-0.1, -0.05) is 32.5 Å². The van der Waals surface area contributed by atoms with Crippen LogP contribution in [-0.2, 0) is 12.8 Å². The van der Waals surface area contributed by atoms with E-state index in [1.54, 1.807) is 0 Å². The van der Waals surface area contributed by atoms with Crippen LogP contribution in [-0.4, -0.2) is 22.6 Å². The lowest BCUT2D eigenvalue weighted by Crippen LogP contribution is -2.36. The Morgan fingerprint density at radius 2 is 2.19 bits per heavy atom. The number of hydrogen-bond donors (Lipinski definition) is 1. The summed E-state index contributed by atoms with van der Waals surface area (Å²) < 4.78 is 0. The van der Waals surface area contributed by atoms with Crippen molar-refractivity contribution in [3.63, 3.8) is 0 Å². The molecule has 0 saturated carbocycles. The average molecular weight is 305 g/mol. The first-order chi connectivity index (χ1) is 10.1. The van der Waals surface area contributed by atoms with Crippen LogP contribution in [0.3, 0.4) is 0 Å². The van der Waals surface area contributed by atoms with Crippen molar-refractivity contribution in [1.29, 1.82) is 0 Å². The molecule has 4 heteroatoms. The van der Waals surface area contributed by atoms with Crippen molar-refractivity contribution in [3.05, 3.63) is 22.9 Å². The van der Waals surface area contributed by atoms with Gasteiger partial charge in [0.2, 0.25) is 0 Å². The van der Waals surface area contributed by atoms with Crippen LogP contribution in [0, 0.1) is 0 Å².